The van der Waals surface area contributed by atoms with Crippen LogP contribution >= 0.6 is 0 Å². The normalized spacial score (nSPS) is 15.4. The van der Waals surface area contributed by atoms with Crippen LogP contribution in [0.4, 0.5) is 44.6 Å². The number of halogens is 4. The molecule has 0 radical (unpaired) electrons. The molecule has 1 aliphatic rings. The van der Waals surface area contributed by atoms with Gasteiger partial charge < -0.3 is 15.8 Å². The van der Waals surface area contributed by atoms with E-state index in [2.05, 4.69) is 15.3 Å². The molecule has 1 fully saturated rings. The maximum atomic E-state index is 13.0. The predicted octanol–water partition coefficient (Wildman–Crippen LogP) is 3.36. The second kappa shape index (κ2) is 8.48. The van der Waals surface area contributed by atoms with Gasteiger partial charge >= 0.3 is 18.3 Å². The summed E-state index contributed by atoms with van der Waals surface area (Å²) < 4.78 is 57.1. The summed E-state index contributed by atoms with van der Waals surface area (Å²) in [6.45, 7) is 2.29. The van der Waals surface area contributed by atoms with E-state index in [9.17, 15) is 27.2 Å². The van der Waals surface area contributed by atoms with Crippen molar-refractivity contribution in [3.63, 3.8) is 0 Å². The zero-order chi connectivity index (χ0) is 23.7. The van der Waals surface area contributed by atoms with E-state index in [4.69, 9.17) is 10.5 Å². The van der Waals surface area contributed by atoms with Gasteiger partial charge in [0, 0.05) is 5.69 Å². The second-order valence-corrected chi connectivity index (χ2v) is 7.58. The molecule has 1 aromatic carbocycles. The van der Waals surface area contributed by atoms with E-state index < -0.39 is 42.6 Å². The van der Waals surface area contributed by atoms with Gasteiger partial charge in [0.15, 0.2) is 11.6 Å². The molecular formula is C19H20F4N6O3. The van der Waals surface area contributed by atoms with E-state index in [-0.39, 0.29) is 29.7 Å². The molecule has 0 bridgehead atoms. The Balaban J connectivity index is 1.81. The summed E-state index contributed by atoms with van der Waals surface area (Å²) in [6, 6.07) is 3.39. The number of hydrogen-bond donors (Lipinski definition) is 2. The van der Waals surface area contributed by atoms with Gasteiger partial charge in [-0.05, 0) is 32.0 Å². The lowest BCUT2D eigenvalue weighted by atomic mass is 10.1. The van der Waals surface area contributed by atoms with Gasteiger partial charge in [0.1, 0.15) is 6.67 Å². The van der Waals surface area contributed by atoms with Crippen molar-refractivity contribution >= 4 is 29.6 Å². The number of alkyl halides is 4. The van der Waals surface area contributed by atoms with Gasteiger partial charge in [-0.3, -0.25) is 9.80 Å². The first-order valence-electron chi connectivity index (χ1n) is 9.36. The van der Waals surface area contributed by atoms with Gasteiger partial charge in [-0.1, -0.05) is 6.07 Å². The van der Waals surface area contributed by atoms with E-state index in [1.54, 1.807) is 13.8 Å². The molecule has 3 rings (SSSR count). The molecule has 2 aromatic rings. The largest absolute Gasteiger partial charge is 0.420 e. The summed E-state index contributed by atoms with van der Waals surface area (Å²) in [6.07, 6.45) is -4.77. The number of rotatable bonds is 5. The maximum absolute atomic E-state index is 13.0. The van der Waals surface area contributed by atoms with Crippen LogP contribution in [0.1, 0.15) is 19.4 Å². The maximum Gasteiger partial charge on any atom is 0.420 e. The summed E-state index contributed by atoms with van der Waals surface area (Å²) >= 11 is 0. The molecule has 9 nitrogen and oxygen atoms in total. The Bertz CT molecular complexity index is 1030. The first-order valence-corrected chi connectivity index (χ1v) is 9.36. The molecule has 1 saturated heterocycles. The van der Waals surface area contributed by atoms with Crippen LogP contribution in [-0.4, -0.2) is 47.4 Å². The smallest absolute Gasteiger partial charge is 0.404 e. The van der Waals surface area contributed by atoms with Gasteiger partial charge in [0.25, 0.3) is 0 Å². The number of ether oxygens (including phenoxy) is 1. The van der Waals surface area contributed by atoms with E-state index >= 15 is 0 Å². The number of urea groups is 1. The number of benzene rings is 1. The molecule has 0 atom stereocenters. The van der Waals surface area contributed by atoms with Crippen LogP contribution < -0.4 is 25.6 Å². The average molecular weight is 456 g/mol. The zero-order valence-corrected chi connectivity index (χ0v) is 17.1. The first-order chi connectivity index (χ1) is 14.9. The van der Waals surface area contributed by atoms with Gasteiger partial charge in [-0.25, -0.2) is 19.0 Å². The van der Waals surface area contributed by atoms with Crippen molar-refractivity contribution in [1.82, 2.24) is 15.3 Å². The summed E-state index contributed by atoms with van der Waals surface area (Å²) in [5.74, 6) is -0.609. The fourth-order valence-electron chi connectivity index (χ4n) is 3.02. The highest BCUT2D eigenvalue weighted by Gasteiger charge is 2.37. The number of carbonyl (C=O) groups excluding carboxylic acids is 2. The Labute approximate surface area is 180 Å². The van der Waals surface area contributed by atoms with Crippen molar-refractivity contribution in [2.24, 2.45) is 0 Å². The van der Waals surface area contributed by atoms with E-state index in [1.165, 1.54) is 11.0 Å². The highest BCUT2D eigenvalue weighted by atomic mass is 19.4. The molecule has 2 heterocycles. The fraction of sp³-hybridized carbons (Fsp3) is 0.368. The highest BCUT2D eigenvalue weighted by molar-refractivity contribution is 5.94. The monoisotopic (exact) mass is 456 g/mol. The number of aromatic nitrogens is 2. The van der Waals surface area contributed by atoms with Crippen LogP contribution in [0.15, 0.2) is 30.5 Å². The van der Waals surface area contributed by atoms with Crippen LogP contribution in [0, 0.1) is 0 Å². The Kier molecular flexibility index (Phi) is 6.10. The number of hydrogen-bond acceptors (Lipinski definition) is 6. The summed E-state index contributed by atoms with van der Waals surface area (Å²) in [4.78, 5) is 34.5. The molecule has 1 aromatic heterocycles. The third-order valence-electron chi connectivity index (χ3n) is 4.47. The molecule has 172 valence electrons. The predicted molar refractivity (Wildman–Crippen MR) is 107 cm³/mol. The first kappa shape index (κ1) is 23.0. The van der Waals surface area contributed by atoms with Gasteiger partial charge in [0.05, 0.1) is 30.4 Å². The fourth-order valence-corrected chi connectivity index (χ4v) is 3.02. The zero-order valence-electron chi connectivity index (χ0n) is 17.1. The van der Waals surface area contributed by atoms with Crippen LogP contribution in [0.25, 0.3) is 0 Å². The number of nitrogens with one attached hydrogen (secondary N) is 1. The van der Waals surface area contributed by atoms with Crippen molar-refractivity contribution in [2.45, 2.75) is 25.6 Å². The van der Waals surface area contributed by atoms with Crippen molar-refractivity contribution in [1.29, 1.82) is 0 Å². The lowest BCUT2D eigenvalue weighted by molar-refractivity contribution is -0.137. The van der Waals surface area contributed by atoms with Gasteiger partial charge in [-0.2, -0.15) is 18.2 Å². The topological polar surface area (TPSA) is 114 Å². The summed E-state index contributed by atoms with van der Waals surface area (Å²) in [5.41, 5.74) is 4.08. The van der Waals surface area contributed by atoms with Crippen molar-refractivity contribution in [2.75, 3.05) is 35.3 Å². The molecule has 0 spiro atoms. The molecule has 0 unspecified atom stereocenters. The standard InChI is InChI=1S/C19H20F4N6O3/c1-18(2)10-29(16(30)27-18)15-25-9-13(14(24)26-15)32-17(31)28(7-6-20)12-5-3-4-11(8-12)19(21,22)23/h3-5,8-9H,6-7,10H2,1-2H3,(H,27,30)(H2,24,25,26). The average Bonchev–Trinajstić information content (AvgIpc) is 2.99. The minimum atomic E-state index is -4.65. The molecule has 3 amide bonds. The molecule has 3 N–H and O–H groups in total. The third kappa shape index (κ3) is 4.98. The quantitative estimate of drug-likeness (QED) is 0.667. The van der Waals surface area contributed by atoms with E-state index in [1.807, 2.05) is 0 Å². The van der Waals surface area contributed by atoms with E-state index in [0.717, 1.165) is 18.3 Å². The number of anilines is 3. The summed E-state index contributed by atoms with van der Waals surface area (Å²) in [7, 11) is 0. The Morgan fingerprint density at radius 1 is 1.38 bits per heavy atom. The molecular weight excluding hydrogens is 436 g/mol. The van der Waals surface area contributed by atoms with E-state index in [0.29, 0.717) is 11.0 Å². The van der Waals surface area contributed by atoms with Gasteiger partial charge in [-0.15, -0.1) is 0 Å². The lowest BCUT2D eigenvalue weighted by Crippen LogP contribution is -2.36. The molecule has 13 heteroatoms. The van der Waals surface area contributed by atoms with Crippen molar-refractivity contribution in [3.8, 4) is 5.75 Å². The number of carbonyl (C=O) groups is 2. The van der Waals surface area contributed by atoms with Crippen LogP contribution in [-0.2, 0) is 6.18 Å². The van der Waals surface area contributed by atoms with Crippen LogP contribution in [0.5, 0.6) is 5.75 Å². The molecule has 0 saturated carbocycles. The minimum Gasteiger partial charge on any atom is -0.404 e. The Morgan fingerprint density at radius 3 is 2.66 bits per heavy atom. The number of nitrogen functional groups attached to an aromatic ring is 1. The van der Waals surface area contributed by atoms with Crippen LogP contribution in [0.3, 0.4) is 0 Å². The van der Waals surface area contributed by atoms with Crippen molar-refractivity contribution in [3.05, 3.63) is 36.0 Å². The highest BCUT2D eigenvalue weighted by Crippen LogP contribution is 2.32. The lowest BCUT2D eigenvalue weighted by Gasteiger charge is -2.22. The molecule has 0 aliphatic carbocycles. The number of nitrogens with two attached hydrogens (primary N) is 1. The van der Waals surface area contributed by atoms with Crippen LogP contribution in [0.2, 0.25) is 0 Å². The molecule has 1 aliphatic heterocycles. The number of nitrogens with zero attached hydrogens (tertiary/aromatic N) is 4. The van der Waals surface area contributed by atoms with Gasteiger partial charge in [0.2, 0.25) is 5.95 Å². The minimum absolute atomic E-state index is 0.0242. The third-order valence-corrected chi connectivity index (χ3v) is 4.47. The van der Waals surface area contributed by atoms with Crippen molar-refractivity contribution < 1.29 is 31.9 Å². The SMILES string of the molecule is CC1(C)CN(c2ncc(OC(=O)N(CCF)c3cccc(C(F)(F)F)c3)c(N)n2)C(=O)N1. The Hall–Kier alpha value is -3.64. The second-order valence-electron chi connectivity index (χ2n) is 7.58. The summed E-state index contributed by atoms with van der Waals surface area (Å²) in [5, 5.41) is 2.73. The molecule has 32 heavy (non-hydrogen) atoms. The number of amides is 3. The Morgan fingerprint density at radius 2 is 2.09 bits per heavy atom.